The molecule has 1 heterocycles. The Morgan fingerprint density at radius 3 is 2.18 bits per heavy atom. The van der Waals surface area contributed by atoms with Gasteiger partial charge in [0.05, 0.1) is 65.4 Å². The van der Waals surface area contributed by atoms with E-state index in [2.05, 4.69) is 25.9 Å². The number of carbonyl (C=O) groups excluding carboxylic acids is 3. The number of carboxylic acid groups (broad SMARTS) is 1. The van der Waals surface area contributed by atoms with Gasteiger partial charge in [-0.05, 0) is 42.7 Å². The van der Waals surface area contributed by atoms with Gasteiger partial charge in [-0.15, -0.1) is 0 Å². The third kappa shape index (κ3) is 10.4. The number of carbonyl (C=O) groups is 4. The molecule has 0 radical (unpaired) electrons. The average molecular weight is 683 g/mol. The van der Waals surface area contributed by atoms with Crippen molar-refractivity contribution in [3.63, 3.8) is 0 Å². The van der Waals surface area contributed by atoms with Crippen molar-refractivity contribution in [1.29, 1.82) is 0 Å². The summed E-state index contributed by atoms with van der Waals surface area (Å²) in [4.78, 5) is 53.4. The van der Waals surface area contributed by atoms with Crippen LogP contribution in [0.4, 0.5) is 5.69 Å². The number of amides is 2. The molecule has 2 aromatic carbocycles. The number of nitrogens with one attached hydrogen (secondary N) is 2. The molecule has 3 rings (SSSR count). The molecule has 0 saturated heterocycles. The van der Waals surface area contributed by atoms with E-state index < -0.39 is 48.5 Å². The van der Waals surface area contributed by atoms with E-state index in [0.717, 1.165) is 5.57 Å². The number of hydrogen-bond donors (Lipinski definition) is 6. The molecule has 0 spiro atoms. The number of anilines is 1. The van der Waals surface area contributed by atoms with Crippen molar-refractivity contribution in [2.75, 3.05) is 53.4 Å². The number of carboxylic acids is 1. The summed E-state index contributed by atoms with van der Waals surface area (Å²) in [5.41, 5.74) is 19.4. The van der Waals surface area contributed by atoms with Gasteiger partial charge in [0, 0.05) is 30.0 Å². The number of benzene rings is 2. The zero-order chi connectivity index (χ0) is 36.1. The zero-order valence-corrected chi connectivity index (χ0v) is 27.8. The van der Waals surface area contributed by atoms with Crippen LogP contribution >= 0.6 is 0 Å². The predicted molar refractivity (Wildman–Crippen MR) is 181 cm³/mol. The van der Waals surface area contributed by atoms with Crippen molar-refractivity contribution >= 4 is 46.5 Å². The Labute approximate surface area is 282 Å². The SMILES string of the molecule is COc1ccc(C2=C(c3cc(OC)c(OC)c(OC)c3)N=NC2)cc1NC(=O)C(CCCN=C(N)N)CC(=O)CNC(=O)C(N)CC(=O)O. The zero-order valence-electron chi connectivity index (χ0n) is 27.8. The monoisotopic (exact) mass is 682 g/mol. The summed E-state index contributed by atoms with van der Waals surface area (Å²) >= 11 is 0. The Morgan fingerprint density at radius 2 is 1.59 bits per heavy atom. The first-order valence-electron chi connectivity index (χ1n) is 15.1. The van der Waals surface area contributed by atoms with Gasteiger partial charge in [-0.1, -0.05) is 6.07 Å². The van der Waals surface area contributed by atoms with Crippen LogP contribution in [0.25, 0.3) is 11.3 Å². The van der Waals surface area contributed by atoms with Crippen LogP contribution in [0.2, 0.25) is 0 Å². The quantitative estimate of drug-likeness (QED) is 0.0700. The number of nitrogens with zero attached hydrogens (tertiary/aromatic N) is 3. The van der Waals surface area contributed by atoms with Crippen LogP contribution in [0.1, 0.15) is 36.8 Å². The molecule has 2 amide bonds. The molecule has 0 bridgehead atoms. The first-order chi connectivity index (χ1) is 23.4. The number of aliphatic imine (C=N–C) groups is 1. The van der Waals surface area contributed by atoms with Gasteiger partial charge < -0.3 is 51.9 Å². The molecular weight excluding hydrogens is 640 g/mol. The standard InChI is InChI=1S/C32H42N8O9/c1-46-24-8-7-17(21-16-38-40-28(21)19-12-25(47-2)29(49-4)26(13-19)48-3)11-23(24)39-30(44)18(6-5-9-36-32(34)35)10-20(41)15-37-31(45)22(33)14-27(42)43/h7-8,11-13,18,22H,5-6,9-10,14-16,33H2,1-4H3,(H,37,45)(H,39,44)(H,42,43)(H4,34,35,36). The van der Waals surface area contributed by atoms with Crippen molar-refractivity contribution in [3.8, 4) is 23.0 Å². The van der Waals surface area contributed by atoms with Crippen LogP contribution < -0.4 is 46.8 Å². The summed E-state index contributed by atoms with van der Waals surface area (Å²) in [5, 5.41) is 22.7. The number of ether oxygens (including phenoxy) is 4. The lowest BCUT2D eigenvalue weighted by molar-refractivity contribution is -0.139. The van der Waals surface area contributed by atoms with Crippen molar-refractivity contribution in [2.24, 2.45) is 38.3 Å². The van der Waals surface area contributed by atoms with Crippen LogP contribution in [0.3, 0.4) is 0 Å². The number of ketones is 1. The molecule has 264 valence electrons. The Hall–Kier alpha value is -5.71. The van der Waals surface area contributed by atoms with E-state index in [1.54, 1.807) is 24.3 Å². The van der Waals surface area contributed by atoms with Gasteiger partial charge in [0.25, 0.3) is 0 Å². The maximum absolute atomic E-state index is 13.7. The normalized spacial score (nSPS) is 13.2. The molecule has 49 heavy (non-hydrogen) atoms. The van der Waals surface area contributed by atoms with Gasteiger partial charge in [-0.3, -0.25) is 24.2 Å². The number of guanidine groups is 1. The van der Waals surface area contributed by atoms with E-state index >= 15 is 0 Å². The fourth-order valence-corrected chi connectivity index (χ4v) is 5.03. The molecule has 2 unspecified atom stereocenters. The Kier molecular flexibility index (Phi) is 13.9. The van der Waals surface area contributed by atoms with Crippen LogP contribution in [-0.2, 0) is 19.2 Å². The number of Topliss-reactive ketones (excluding diaryl/α,β-unsaturated/α-hetero) is 1. The lowest BCUT2D eigenvalue weighted by Gasteiger charge is -2.19. The minimum absolute atomic E-state index is 0.107. The molecule has 0 aromatic heterocycles. The number of azo groups is 1. The highest BCUT2D eigenvalue weighted by Crippen LogP contribution is 2.43. The molecule has 0 aliphatic carbocycles. The fourth-order valence-electron chi connectivity index (χ4n) is 5.03. The van der Waals surface area contributed by atoms with Crippen LogP contribution in [0, 0.1) is 5.92 Å². The summed E-state index contributed by atoms with van der Waals surface area (Å²) in [6, 6.07) is 7.43. The largest absolute Gasteiger partial charge is 0.495 e. The number of methoxy groups -OCH3 is 4. The van der Waals surface area contributed by atoms with Crippen molar-refractivity contribution < 1.29 is 43.2 Å². The number of aliphatic carboxylic acids is 1. The molecule has 1 aliphatic heterocycles. The second-order valence-corrected chi connectivity index (χ2v) is 10.9. The van der Waals surface area contributed by atoms with Crippen LogP contribution in [0.15, 0.2) is 45.6 Å². The minimum Gasteiger partial charge on any atom is -0.495 e. The maximum atomic E-state index is 13.7. The van der Waals surface area contributed by atoms with Crippen molar-refractivity contribution in [2.45, 2.75) is 31.7 Å². The van der Waals surface area contributed by atoms with Crippen LogP contribution in [-0.4, -0.2) is 88.7 Å². The van der Waals surface area contributed by atoms with Gasteiger partial charge in [0.2, 0.25) is 17.6 Å². The second kappa shape index (κ2) is 18.0. The number of nitrogens with two attached hydrogens (primary N) is 3. The maximum Gasteiger partial charge on any atom is 0.305 e. The molecule has 17 nitrogen and oxygen atoms in total. The fraction of sp³-hybridized carbons (Fsp3) is 0.406. The molecule has 0 fully saturated rings. The topological polar surface area (TPSA) is 265 Å². The second-order valence-electron chi connectivity index (χ2n) is 10.9. The molecule has 0 saturated carbocycles. The van der Waals surface area contributed by atoms with E-state index in [1.165, 1.54) is 28.4 Å². The number of rotatable bonds is 19. The van der Waals surface area contributed by atoms with Crippen LogP contribution in [0.5, 0.6) is 23.0 Å². The molecular formula is C32H42N8O9. The summed E-state index contributed by atoms with van der Waals surface area (Å²) < 4.78 is 22.0. The molecule has 17 heteroatoms. The highest BCUT2D eigenvalue weighted by Gasteiger charge is 2.26. The Bertz CT molecular complexity index is 1610. The molecule has 9 N–H and O–H groups in total. The van der Waals surface area contributed by atoms with Gasteiger partial charge >= 0.3 is 5.97 Å². The molecule has 2 aromatic rings. The third-order valence-electron chi connectivity index (χ3n) is 7.47. The van der Waals surface area contributed by atoms with E-state index in [4.69, 9.17) is 41.3 Å². The van der Waals surface area contributed by atoms with Gasteiger partial charge in [-0.2, -0.15) is 10.2 Å². The Morgan fingerprint density at radius 1 is 0.918 bits per heavy atom. The highest BCUT2D eigenvalue weighted by atomic mass is 16.5. The minimum atomic E-state index is -1.33. The third-order valence-corrected chi connectivity index (χ3v) is 7.47. The summed E-state index contributed by atoms with van der Waals surface area (Å²) in [5.74, 6) is -2.27. The van der Waals surface area contributed by atoms with Gasteiger partial charge in [-0.25, -0.2) is 0 Å². The molecule has 1 aliphatic rings. The highest BCUT2D eigenvalue weighted by molar-refractivity contribution is 5.99. The van der Waals surface area contributed by atoms with Gasteiger partial charge in [0.1, 0.15) is 5.75 Å². The Balaban J connectivity index is 1.88. The van der Waals surface area contributed by atoms with Crippen molar-refractivity contribution in [3.05, 3.63) is 41.5 Å². The van der Waals surface area contributed by atoms with E-state index in [-0.39, 0.29) is 31.9 Å². The van der Waals surface area contributed by atoms with E-state index in [1.807, 2.05) is 6.07 Å². The smallest absolute Gasteiger partial charge is 0.305 e. The summed E-state index contributed by atoms with van der Waals surface area (Å²) in [6.45, 7) is 0.0493. The lowest BCUT2D eigenvalue weighted by Crippen LogP contribution is -2.44. The van der Waals surface area contributed by atoms with Gasteiger partial charge in [0.15, 0.2) is 23.2 Å². The first kappa shape index (κ1) is 37.7. The van der Waals surface area contributed by atoms with E-state index in [0.29, 0.717) is 51.9 Å². The number of hydrogen-bond acceptors (Lipinski definition) is 12. The molecule has 2 atom stereocenters. The average Bonchev–Trinajstić information content (AvgIpc) is 3.57. The lowest BCUT2D eigenvalue weighted by atomic mass is 9.95. The summed E-state index contributed by atoms with van der Waals surface area (Å²) in [6.07, 6.45) is -0.223. The van der Waals surface area contributed by atoms with E-state index in [9.17, 15) is 19.2 Å². The predicted octanol–water partition coefficient (Wildman–Crippen LogP) is 1.54. The summed E-state index contributed by atoms with van der Waals surface area (Å²) in [7, 11) is 6.00. The van der Waals surface area contributed by atoms with Crippen molar-refractivity contribution in [1.82, 2.24) is 5.32 Å². The first-order valence-corrected chi connectivity index (χ1v) is 15.1.